The van der Waals surface area contributed by atoms with Gasteiger partial charge in [-0.3, -0.25) is 0 Å². The van der Waals surface area contributed by atoms with E-state index in [1.807, 2.05) is 119 Å². The smallest absolute Gasteiger partial charge is 0.147 e. The van der Waals surface area contributed by atoms with Crippen molar-refractivity contribution in [2.45, 2.75) is 0 Å². The first-order valence-corrected chi connectivity index (χ1v) is 23.6. The summed E-state index contributed by atoms with van der Waals surface area (Å²) in [4.78, 5) is 4.01. The largest absolute Gasteiger partial charge is 0.307 e. The van der Waals surface area contributed by atoms with Crippen LogP contribution < -0.4 is 9.80 Å². The maximum absolute atomic E-state index is 16.6. The maximum Gasteiger partial charge on any atom is 0.147 e. The maximum atomic E-state index is 16.6. The molecule has 0 fully saturated rings. The van der Waals surface area contributed by atoms with Gasteiger partial charge in [0.15, 0.2) is 0 Å². The van der Waals surface area contributed by atoms with Gasteiger partial charge >= 0.3 is 0 Å². The van der Waals surface area contributed by atoms with Crippen molar-refractivity contribution < 1.29 is 8.78 Å². The number of nitrogens with zero attached hydrogens (tertiary/aromatic N) is 4. The van der Waals surface area contributed by atoms with Crippen molar-refractivity contribution in [1.82, 2.24) is 0 Å². The second-order valence-electron chi connectivity index (χ2n) is 17.8. The molecule has 338 valence electrons. The van der Waals surface area contributed by atoms with Crippen LogP contribution >= 0.6 is 0 Å². The summed E-state index contributed by atoms with van der Waals surface area (Å²) in [5.41, 5.74) is 12.5. The van der Waals surface area contributed by atoms with Gasteiger partial charge < -0.3 is 9.80 Å². The zero-order valence-corrected chi connectivity index (χ0v) is 38.6. The minimum atomic E-state index is -0.380. The van der Waals surface area contributed by atoms with Gasteiger partial charge in [0.2, 0.25) is 0 Å². The lowest BCUT2D eigenvalue weighted by molar-refractivity contribution is 0.628. The molecule has 0 amide bonds. The highest BCUT2D eigenvalue weighted by atomic mass is 19.1. The van der Waals surface area contributed by atoms with E-state index in [2.05, 4.69) is 121 Å². The lowest BCUT2D eigenvalue weighted by Crippen LogP contribution is -2.13. The van der Waals surface area contributed by atoms with Gasteiger partial charge in [-0.15, -0.1) is 0 Å². The van der Waals surface area contributed by atoms with Crippen LogP contribution in [0.4, 0.5) is 42.9 Å². The number of halogens is 2. The van der Waals surface area contributed by atoms with Crippen LogP contribution in [0.2, 0.25) is 0 Å². The molecule has 0 saturated heterocycles. The fraction of sp³-hybridized carbons (Fsp3) is 0. The Labute approximate surface area is 415 Å². The predicted molar refractivity (Wildman–Crippen MR) is 291 cm³/mol. The average molecular weight is 927 g/mol. The van der Waals surface area contributed by atoms with Gasteiger partial charge in [-0.1, -0.05) is 146 Å². The molecule has 6 heteroatoms. The lowest BCUT2D eigenvalue weighted by atomic mass is 9.91. The second-order valence-corrected chi connectivity index (χ2v) is 17.8. The number of hydrogen-bond donors (Lipinski definition) is 0. The number of anilines is 6. The third-order valence-electron chi connectivity index (χ3n) is 13.5. The highest BCUT2D eigenvalue weighted by Crippen LogP contribution is 2.50. The number of para-hydroxylation sites is 2. The van der Waals surface area contributed by atoms with Gasteiger partial charge in [-0.2, -0.15) is 10.5 Å². The molecule has 0 atom stereocenters. The first-order valence-electron chi connectivity index (χ1n) is 23.6. The van der Waals surface area contributed by atoms with E-state index in [0.717, 1.165) is 99.6 Å². The molecular weight excluding hydrogens is 887 g/mol. The Balaban J connectivity index is 1.10. The fourth-order valence-electron chi connectivity index (χ4n) is 10.1. The monoisotopic (exact) mass is 926 g/mol. The van der Waals surface area contributed by atoms with Crippen LogP contribution in [0.3, 0.4) is 0 Å². The molecule has 12 aromatic carbocycles. The van der Waals surface area contributed by atoms with Gasteiger partial charge in [-0.05, 0) is 163 Å². The highest BCUT2D eigenvalue weighted by molar-refractivity contribution is 6.28. The van der Waals surface area contributed by atoms with Crippen LogP contribution in [-0.2, 0) is 0 Å². The van der Waals surface area contributed by atoms with Crippen molar-refractivity contribution in [1.29, 1.82) is 10.5 Å². The van der Waals surface area contributed by atoms with Gasteiger partial charge in [-0.25, -0.2) is 8.78 Å². The fourth-order valence-corrected chi connectivity index (χ4v) is 10.1. The van der Waals surface area contributed by atoms with Gasteiger partial charge in [0, 0.05) is 22.1 Å². The lowest BCUT2D eigenvalue weighted by Gasteiger charge is -2.30. The summed E-state index contributed by atoms with van der Waals surface area (Å²) in [6.45, 7) is 0. The van der Waals surface area contributed by atoms with E-state index >= 15 is 8.78 Å². The molecule has 0 aliphatic carbocycles. The Morgan fingerprint density at radius 1 is 0.292 bits per heavy atom. The third kappa shape index (κ3) is 7.80. The van der Waals surface area contributed by atoms with Crippen LogP contribution in [0.15, 0.2) is 243 Å². The minimum Gasteiger partial charge on any atom is -0.307 e. The molecule has 0 unspecified atom stereocenters. The van der Waals surface area contributed by atoms with Crippen molar-refractivity contribution in [3.8, 4) is 56.6 Å². The van der Waals surface area contributed by atoms with E-state index in [-0.39, 0.29) is 11.6 Å². The zero-order chi connectivity index (χ0) is 48.7. The average Bonchev–Trinajstić information content (AvgIpc) is 3.44. The van der Waals surface area contributed by atoms with Gasteiger partial charge in [0.1, 0.15) is 11.6 Å². The summed E-state index contributed by atoms with van der Waals surface area (Å²) >= 11 is 0. The molecule has 0 radical (unpaired) electrons. The first kappa shape index (κ1) is 43.4. The van der Waals surface area contributed by atoms with Crippen LogP contribution in [0, 0.1) is 34.3 Å². The van der Waals surface area contributed by atoms with Crippen molar-refractivity contribution in [2.24, 2.45) is 0 Å². The van der Waals surface area contributed by atoms with E-state index < -0.39 is 0 Å². The normalized spacial score (nSPS) is 11.2. The molecule has 72 heavy (non-hydrogen) atoms. The number of benzene rings is 12. The van der Waals surface area contributed by atoms with Crippen molar-refractivity contribution in [3.05, 3.63) is 265 Å². The van der Waals surface area contributed by atoms with Crippen LogP contribution in [-0.4, -0.2) is 0 Å². The van der Waals surface area contributed by atoms with E-state index in [0.29, 0.717) is 22.5 Å². The Morgan fingerprint density at radius 3 is 0.986 bits per heavy atom. The Hall–Kier alpha value is -9.88. The van der Waals surface area contributed by atoms with Crippen LogP contribution in [0.1, 0.15) is 11.1 Å². The third-order valence-corrected chi connectivity index (χ3v) is 13.5. The Kier molecular flexibility index (Phi) is 11.0. The molecule has 0 N–H and O–H groups in total. The predicted octanol–water partition coefficient (Wildman–Crippen LogP) is 18.2. The number of hydrogen-bond acceptors (Lipinski definition) is 4. The standard InChI is InChI=1S/C66H40F2N4/c67-59-15-7-9-17-63(59)71(55-37-51(45-11-3-1-4-12-45)35-53(39-55)47-23-19-43(41-69)20-24-47)61-33-29-49-28-32-58-62(34-30-50-27-31-57(61)65(49)66(50)58)72(64-18-10-8-16-60(64)68)56-38-52(46-13-5-2-6-14-46)36-54(40-56)48-25-21-44(42-70)22-26-48/h1-40H. The molecule has 0 saturated carbocycles. The SMILES string of the molecule is N#Cc1ccc(-c2cc(-c3ccccc3)cc(N(c3ccccc3F)c3ccc4ccc5c(N(c6cc(-c7ccccc7)cc(-c7ccc(C#N)cc7)c6)c6ccccc6F)ccc6ccc3c4c65)c2)cc1. The Morgan fingerprint density at radius 2 is 0.625 bits per heavy atom. The van der Waals surface area contributed by atoms with Crippen molar-refractivity contribution in [3.63, 3.8) is 0 Å². The number of rotatable bonds is 10. The quantitative estimate of drug-likeness (QED) is 0.128. The summed E-state index contributed by atoms with van der Waals surface area (Å²) in [5, 5.41) is 25.0. The van der Waals surface area contributed by atoms with Crippen LogP contribution in [0.25, 0.3) is 76.8 Å². The summed E-state index contributed by atoms with van der Waals surface area (Å²) in [6, 6.07) is 83.0. The summed E-state index contributed by atoms with van der Waals surface area (Å²) in [7, 11) is 0. The topological polar surface area (TPSA) is 54.1 Å². The minimum absolute atomic E-state index is 0.380. The highest BCUT2D eigenvalue weighted by Gasteiger charge is 2.25. The molecule has 12 rings (SSSR count). The zero-order valence-electron chi connectivity index (χ0n) is 38.6. The molecule has 0 aromatic heterocycles. The molecule has 0 heterocycles. The summed E-state index contributed by atoms with van der Waals surface area (Å²) in [6.07, 6.45) is 0. The van der Waals surface area contributed by atoms with E-state index in [1.54, 1.807) is 12.1 Å². The van der Waals surface area contributed by atoms with E-state index in [4.69, 9.17) is 0 Å². The Bertz CT molecular complexity index is 3820. The number of nitriles is 2. The van der Waals surface area contributed by atoms with Gasteiger partial charge in [0.05, 0.1) is 46.0 Å². The van der Waals surface area contributed by atoms with Crippen LogP contribution in [0.5, 0.6) is 0 Å². The molecule has 0 aliphatic rings. The molecule has 4 nitrogen and oxygen atoms in total. The molecule has 0 aliphatic heterocycles. The van der Waals surface area contributed by atoms with E-state index in [9.17, 15) is 10.5 Å². The summed E-state index contributed by atoms with van der Waals surface area (Å²) < 4.78 is 33.2. The molecule has 0 spiro atoms. The second kappa shape index (κ2) is 18.2. The van der Waals surface area contributed by atoms with Crippen molar-refractivity contribution in [2.75, 3.05) is 9.80 Å². The first-order chi connectivity index (χ1) is 35.4. The molecule has 12 aromatic rings. The van der Waals surface area contributed by atoms with Crippen molar-refractivity contribution >= 4 is 66.4 Å². The molecule has 0 bridgehead atoms. The van der Waals surface area contributed by atoms with Gasteiger partial charge in [0.25, 0.3) is 0 Å². The van der Waals surface area contributed by atoms with E-state index in [1.165, 1.54) is 12.1 Å². The summed E-state index contributed by atoms with van der Waals surface area (Å²) in [5.74, 6) is -0.761. The molecular formula is C66H40F2N4.